The van der Waals surface area contributed by atoms with Gasteiger partial charge in [-0.15, -0.1) is 0 Å². The Kier molecular flexibility index (Phi) is 5.11. The number of aromatic nitrogens is 2. The molecule has 0 aliphatic heterocycles. The number of amides is 1. The van der Waals surface area contributed by atoms with E-state index in [-0.39, 0.29) is 11.6 Å². The van der Waals surface area contributed by atoms with Gasteiger partial charge in [-0.05, 0) is 37.1 Å². The number of halogens is 1. The molecule has 0 aliphatic carbocycles. The fourth-order valence-electron chi connectivity index (χ4n) is 1.84. The first-order chi connectivity index (χ1) is 10.1. The fraction of sp³-hybridized carbons (Fsp3) is 0.267. The summed E-state index contributed by atoms with van der Waals surface area (Å²) in [6.45, 7) is 4.78. The lowest BCUT2D eigenvalue weighted by Crippen LogP contribution is -2.24. The highest BCUT2D eigenvalue weighted by Gasteiger charge is 2.10. The van der Waals surface area contributed by atoms with Gasteiger partial charge in [-0.2, -0.15) is 0 Å². The van der Waals surface area contributed by atoms with E-state index in [2.05, 4.69) is 15.3 Å². The van der Waals surface area contributed by atoms with Crippen LogP contribution in [0, 0.1) is 6.92 Å². The van der Waals surface area contributed by atoms with Crippen molar-refractivity contribution in [1.82, 2.24) is 15.3 Å². The Bertz CT molecular complexity index is 632. The van der Waals surface area contributed by atoms with E-state index in [0.717, 1.165) is 11.1 Å². The molecular weight excluding hydrogens is 290 g/mol. The smallest absolute Gasteiger partial charge is 0.271 e. The molecule has 0 fully saturated rings. The molecule has 0 saturated carbocycles. The van der Waals surface area contributed by atoms with Gasteiger partial charge in [0, 0.05) is 18.9 Å². The largest absolute Gasteiger partial charge is 0.492 e. The second kappa shape index (κ2) is 7.04. The summed E-state index contributed by atoms with van der Waals surface area (Å²) in [4.78, 5) is 19.7. The predicted molar refractivity (Wildman–Crippen MR) is 80.6 cm³/mol. The van der Waals surface area contributed by atoms with Crippen molar-refractivity contribution in [2.75, 3.05) is 6.61 Å². The van der Waals surface area contributed by atoms with Crippen LogP contribution in [0.2, 0.25) is 5.02 Å². The van der Waals surface area contributed by atoms with Crippen molar-refractivity contribution < 1.29 is 9.53 Å². The highest BCUT2D eigenvalue weighted by atomic mass is 35.5. The lowest BCUT2D eigenvalue weighted by molar-refractivity contribution is 0.0945. The molecule has 6 heteroatoms. The maximum Gasteiger partial charge on any atom is 0.271 e. The number of carbonyl (C=O) groups is 1. The van der Waals surface area contributed by atoms with Gasteiger partial charge in [0.05, 0.1) is 17.8 Å². The van der Waals surface area contributed by atoms with E-state index in [1.54, 1.807) is 6.07 Å². The minimum atomic E-state index is -0.271. The zero-order valence-corrected chi connectivity index (χ0v) is 12.6. The standard InChI is InChI=1S/C15H16ClN3O2/c1-3-21-14-6-10(2)11(7-12(14)16)8-19-15(20)13-9-17-4-5-18-13/h4-7,9H,3,8H2,1-2H3,(H,19,20). The van der Waals surface area contributed by atoms with Crippen LogP contribution >= 0.6 is 11.6 Å². The Morgan fingerprint density at radius 2 is 2.19 bits per heavy atom. The quantitative estimate of drug-likeness (QED) is 0.922. The third-order valence-corrected chi connectivity index (χ3v) is 3.22. The third kappa shape index (κ3) is 3.92. The van der Waals surface area contributed by atoms with Gasteiger partial charge in [-0.1, -0.05) is 11.6 Å². The molecule has 1 aromatic heterocycles. The van der Waals surface area contributed by atoms with Crippen molar-refractivity contribution in [2.24, 2.45) is 0 Å². The minimum absolute atomic E-state index is 0.271. The Balaban J connectivity index is 2.07. The van der Waals surface area contributed by atoms with E-state index in [4.69, 9.17) is 16.3 Å². The average molecular weight is 306 g/mol. The molecular formula is C15H16ClN3O2. The molecule has 0 unspecified atom stereocenters. The molecule has 1 N–H and O–H groups in total. The predicted octanol–water partition coefficient (Wildman–Crippen LogP) is 2.77. The van der Waals surface area contributed by atoms with Crippen molar-refractivity contribution in [2.45, 2.75) is 20.4 Å². The van der Waals surface area contributed by atoms with Crippen molar-refractivity contribution in [3.05, 3.63) is 52.6 Å². The highest BCUT2D eigenvalue weighted by molar-refractivity contribution is 6.32. The monoisotopic (exact) mass is 305 g/mol. The van der Waals surface area contributed by atoms with Gasteiger partial charge in [0.1, 0.15) is 11.4 Å². The molecule has 110 valence electrons. The minimum Gasteiger partial charge on any atom is -0.492 e. The number of hydrogen-bond acceptors (Lipinski definition) is 4. The molecule has 0 atom stereocenters. The lowest BCUT2D eigenvalue weighted by atomic mass is 10.1. The Labute approximate surface area is 128 Å². The number of ether oxygens (including phenoxy) is 1. The van der Waals surface area contributed by atoms with Gasteiger partial charge in [-0.25, -0.2) is 4.98 Å². The number of nitrogens with one attached hydrogen (secondary N) is 1. The van der Waals surface area contributed by atoms with Crippen LogP contribution in [-0.2, 0) is 6.54 Å². The summed E-state index contributed by atoms with van der Waals surface area (Å²) in [6, 6.07) is 3.68. The number of benzene rings is 1. The van der Waals surface area contributed by atoms with Crippen LogP contribution in [0.1, 0.15) is 28.5 Å². The van der Waals surface area contributed by atoms with Crippen LogP contribution in [0.5, 0.6) is 5.75 Å². The molecule has 0 saturated heterocycles. The molecule has 0 aliphatic rings. The van der Waals surface area contributed by atoms with Crippen LogP contribution in [0.3, 0.4) is 0 Å². The van der Waals surface area contributed by atoms with Crippen LogP contribution in [-0.4, -0.2) is 22.5 Å². The first-order valence-corrected chi connectivity index (χ1v) is 6.95. The van der Waals surface area contributed by atoms with E-state index >= 15 is 0 Å². The van der Waals surface area contributed by atoms with E-state index in [9.17, 15) is 4.79 Å². The zero-order chi connectivity index (χ0) is 15.2. The number of nitrogens with zero attached hydrogens (tertiary/aromatic N) is 2. The summed E-state index contributed by atoms with van der Waals surface area (Å²) in [5.74, 6) is 0.383. The molecule has 1 aromatic carbocycles. The van der Waals surface area contributed by atoms with E-state index in [1.165, 1.54) is 18.6 Å². The lowest BCUT2D eigenvalue weighted by Gasteiger charge is -2.12. The molecule has 2 aromatic rings. The molecule has 2 rings (SSSR count). The Morgan fingerprint density at radius 1 is 1.38 bits per heavy atom. The maximum absolute atomic E-state index is 11.9. The maximum atomic E-state index is 11.9. The first-order valence-electron chi connectivity index (χ1n) is 6.58. The number of carbonyl (C=O) groups excluding carboxylic acids is 1. The van der Waals surface area contributed by atoms with Crippen LogP contribution < -0.4 is 10.1 Å². The second-order valence-electron chi connectivity index (χ2n) is 4.42. The fourth-order valence-corrected chi connectivity index (χ4v) is 2.08. The van der Waals surface area contributed by atoms with Crippen LogP contribution in [0.15, 0.2) is 30.7 Å². The van der Waals surface area contributed by atoms with Crippen molar-refractivity contribution >= 4 is 17.5 Å². The second-order valence-corrected chi connectivity index (χ2v) is 4.82. The summed E-state index contributed by atoms with van der Waals surface area (Å²) >= 11 is 6.15. The van der Waals surface area contributed by atoms with Gasteiger partial charge in [0.25, 0.3) is 5.91 Å². The molecule has 21 heavy (non-hydrogen) atoms. The topological polar surface area (TPSA) is 64.1 Å². The molecule has 5 nitrogen and oxygen atoms in total. The Hall–Kier alpha value is -2.14. The Morgan fingerprint density at radius 3 is 2.86 bits per heavy atom. The summed E-state index contributed by atoms with van der Waals surface area (Å²) in [7, 11) is 0. The number of rotatable bonds is 5. The van der Waals surface area contributed by atoms with Gasteiger partial charge >= 0.3 is 0 Å². The summed E-state index contributed by atoms with van der Waals surface area (Å²) in [6.07, 6.45) is 4.43. The van der Waals surface area contributed by atoms with Gasteiger partial charge in [0.2, 0.25) is 0 Å². The average Bonchev–Trinajstić information content (AvgIpc) is 2.50. The molecule has 0 spiro atoms. The van der Waals surface area contributed by atoms with E-state index in [1.807, 2.05) is 19.9 Å². The van der Waals surface area contributed by atoms with Crippen molar-refractivity contribution in [3.8, 4) is 5.75 Å². The number of aryl methyl sites for hydroxylation is 1. The highest BCUT2D eigenvalue weighted by Crippen LogP contribution is 2.28. The van der Waals surface area contributed by atoms with Gasteiger partial charge in [-0.3, -0.25) is 9.78 Å². The molecule has 1 amide bonds. The summed E-state index contributed by atoms with van der Waals surface area (Å²) < 4.78 is 5.43. The summed E-state index contributed by atoms with van der Waals surface area (Å²) in [5, 5.41) is 3.33. The first kappa shape index (κ1) is 15.3. The van der Waals surface area contributed by atoms with Crippen LogP contribution in [0.25, 0.3) is 0 Å². The number of hydrogen-bond donors (Lipinski definition) is 1. The van der Waals surface area contributed by atoms with Gasteiger partial charge in [0.15, 0.2) is 0 Å². The zero-order valence-electron chi connectivity index (χ0n) is 11.9. The van der Waals surface area contributed by atoms with E-state index in [0.29, 0.717) is 23.9 Å². The molecule has 0 radical (unpaired) electrons. The van der Waals surface area contributed by atoms with Gasteiger partial charge < -0.3 is 10.1 Å². The summed E-state index contributed by atoms with van der Waals surface area (Å²) in [5.41, 5.74) is 2.22. The van der Waals surface area contributed by atoms with Crippen molar-refractivity contribution in [1.29, 1.82) is 0 Å². The molecule has 0 bridgehead atoms. The van der Waals surface area contributed by atoms with E-state index < -0.39 is 0 Å². The third-order valence-electron chi connectivity index (χ3n) is 2.93. The van der Waals surface area contributed by atoms with Crippen molar-refractivity contribution in [3.63, 3.8) is 0 Å². The molecule has 1 heterocycles. The SMILES string of the molecule is CCOc1cc(C)c(CNC(=O)c2cnccn2)cc1Cl. The normalized spacial score (nSPS) is 10.2. The van der Waals surface area contributed by atoms with Crippen LogP contribution in [0.4, 0.5) is 0 Å².